The van der Waals surface area contributed by atoms with Crippen LogP contribution in [0.25, 0.3) is 24.3 Å². The minimum Gasteiger partial charge on any atom is -0.544 e. The van der Waals surface area contributed by atoms with Gasteiger partial charge in [-0.05, 0) is 58.1 Å². The molecule has 3 rings (SSSR count). The van der Waals surface area contributed by atoms with Crippen molar-refractivity contribution in [2.75, 3.05) is 0 Å². The number of rotatable bonds is 7. The molecule has 0 saturated heterocycles. The van der Waals surface area contributed by atoms with Crippen LogP contribution >= 0.6 is 0 Å². The Labute approximate surface area is 194 Å². The zero-order valence-electron chi connectivity index (χ0n) is 19.8. The first-order chi connectivity index (χ1) is 15.2. The molecule has 0 atom stereocenters. The molecule has 0 amide bonds. The Bertz CT molecular complexity index is 1050. The van der Waals surface area contributed by atoms with E-state index in [0.29, 0.717) is 0 Å². The molecular formula is C29H34O2Si. The molecule has 0 aliphatic heterocycles. The van der Waals surface area contributed by atoms with Crippen LogP contribution in [-0.2, 0) is 6.61 Å². The molecule has 3 aromatic carbocycles. The maximum Gasteiger partial charge on any atom is 0.250 e. The number of aliphatic hydroxyl groups excluding tert-OH is 1. The standard InChI is InChI=1S/C29H34O2Si/c1-29(2,3)32(4,5)31-28-20-18-26(19-21-28)13-12-24-8-6-23(7-9-24)10-11-25-14-16-27(22-30)17-15-25/h6-21,30H,22H2,1-5H3/b11-10+,13-12+. The fourth-order valence-corrected chi connectivity index (χ4v) is 3.96. The number of aliphatic hydroxyl groups is 1. The first-order valence-electron chi connectivity index (χ1n) is 11.1. The zero-order chi connectivity index (χ0) is 23.2. The number of hydrogen-bond donors (Lipinski definition) is 1. The number of benzene rings is 3. The Morgan fingerprint density at radius 3 is 1.34 bits per heavy atom. The van der Waals surface area contributed by atoms with Gasteiger partial charge in [0.15, 0.2) is 0 Å². The largest absolute Gasteiger partial charge is 0.544 e. The van der Waals surface area contributed by atoms with Gasteiger partial charge in [-0.3, -0.25) is 0 Å². The van der Waals surface area contributed by atoms with Gasteiger partial charge in [-0.1, -0.05) is 106 Å². The normalized spacial score (nSPS) is 12.6. The maximum absolute atomic E-state index is 9.13. The van der Waals surface area contributed by atoms with E-state index in [1.165, 1.54) is 0 Å². The summed E-state index contributed by atoms with van der Waals surface area (Å²) in [6, 6.07) is 24.8. The summed E-state index contributed by atoms with van der Waals surface area (Å²) in [6.45, 7) is 11.4. The predicted octanol–water partition coefficient (Wildman–Crippen LogP) is 7.90. The lowest BCUT2D eigenvalue weighted by atomic mass is 10.1. The van der Waals surface area contributed by atoms with Gasteiger partial charge in [-0.15, -0.1) is 0 Å². The second kappa shape index (κ2) is 10.2. The van der Waals surface area contributed by atoms with Gasteiger partial charge in [-0.2, -0.15) is 0 Å². The lowest BCUT2D eigenvalue weighted by Crippen LogP contribution is -2.43. The fourth-order valence-electron chi connectivity index (χ4n) is 2.93. The highest BCUT2D eigenvalue weighted by Crippen LogP contribution is 2.37. The second-order valence-electron chi connectivity index (χ2n) is 9.66. The highest BCUT2D eigenvalue weighted by Gasteiger charge is 2.38. The molecule has 0 unspecified atom stereocenters. The van der Waals surface area contributed by atoms with E-state index in [4.69, 9.17) is 9.53 Å². The van der Waals surface area contributed by atoms with Crippen molar-refractivity contribution in [3.8, 4) is 5.75 Å². The highest BCUT2D eigenvalue weighted by molar-refractivity contribution is 6.74. The summed E-state index contributed by atoms with van der Waals surface area (Å²) in [7, 11) is -1.81. The van der Waals surface area contributed by atoms with Crippen molar-refractivity contribution in [1.82, 2.24) is 0 Å². The van der Waals surface area contributed by atoms with E-state index >= 15 is 0 Å². The molecular weight excluding hydrogens is 408 g/mol. The molecule has 2 nitrogen and oxygen atoms in total. The summed E-state index contributed by atoms with van der Waals surface area (Å²) in [5.74, 6) is 0.955. The molecule has 0 bridgehead atoms. The minimum atomic E-state index is -1.81. The summed E-state index contributed by atoms with van der Waals surface area (Å²) in [4.78, 5) is 0. The summed E-state index contributed by atoms with van der Waals surface area (Å²) in [6.07, 6.45) is 8.44. The molecule has 166 valence electrons. The van der Waals surface area contributed by atoms with E-state index < -0.39 is 8.32 Å². The minimum absolute atomic E-state index is 0.0772. The Morgan fingerprint density at radius 1 is 0.656 bits per heavy atom. The topological polar surface area (TPSA) is 29.5 Å². The van der Waals surface area contributed by atoms with Crippen LogP contribution in [0.2, 0.25) is 18.1 Å². The summed E-state index contributed by atoms with van der Waals surface area (Å²) < 4.78 is 6.36. The lowest BCUT2D eigenvalue weighted by Gasteiger charge is -2.36. The Morgan fingerprint density at radius 2 is 1.00 bits per heavy atom. The second-order valence-corrected chi connectivity index (χ2v) is 14.4. The van der Waals surface area contributed by atoms with Crippen molar-refractivity contribution in [2.24, 2.45) is 0 Å². The van der Waals surface area contributed by atoms with Gasteiger partial charge in [-0.25, -0.2) is 0 Å². The van der Waals surface area contributed by atoms with Crippen molar-refractivity contribution in [3.63, 3.8) is 0 Å². The monoisotopic (exact) mass is 442 g/mol. The Kier molecular flexibility index (Phi) is 7.55. The zero-order valence-corrected chi connectivity index (χ0v) is 20.8. The van der Waals surface area contributed by atoms with Crippen molar-refractivity contribution in [3.05, 3.63) is 101 Å². The van der Waals surface area contributed by atoms with Gasteiger partial charge in [0.05, 0.1) is 6.61 Å². The summed E-state index contributed by atoms with van der Waals surface area (Å²) in [5.41, 5.74) is 5.52. The summed E-state index contributed by atoms with van der Waals surface area (Å²) in [5, 5.41) is 9.32. The van der Waals surface area contributed by atoms with Crippen LogP contribution < -0.4 is 4.43 Å². The molecule has 3 aromatic rings. The molecule has 0 heterocycles. The van der Waals surface area contributed by atoms with Gasteiger partial charge in [0, 0.05) is 0 Å². The van der Waals surface area contributed by atoms with Crippen LogP contribution in [-0.4, -0.2) is 13.4 Å². The van der Waals surface area contributed by atoms with Crippen LogP contribution in [0.1, 0.15) is 48.6 Å². The molecule has 1 N–H and O–H groups in total. The van der Waals surface area contributed by atoms with E-state index in [-0.39, 0.29) is 11.6 Å². The van der Waals surface area contributed by atoms with Gasteiger partial charge >= 0.3 is 0 Å². The Balaban J connectivity index is 1.60. The van der Waals surface area contributed by atoms with Gasteiger partial charge in [0.1, 0.15) is 5.75 Å². The average molecular weight is 443 g/mol. The van der Waals surface area contributed by atoms with Crippen molar-refractivity contribution < 1.29 is 9.53 Å². The smallest absolute Gasteiger partial charge is 0.250 e. The predicted molar refractivity (Wildman–Crippen MR) is 141 cm³/mol. The van der Waals surface area contributed by atoms with Crippen LogP contribution in [0.5, 0.6) is 5.75 Å². The third kappa shape index (κ3) is 6.56. The SMILES string of the molecule is CC(C)(C)[Si](C)(C)Oc1ccc(/C=C/c2ccc(/C=C/c3ccc(CO)cc3)cc2)cc1. The van der Waals surface area contributed by atoms with Crippen molar-refractivity contribution >= 4 is 32.6 Å². The third-order valence-electron chi connectivity index (χ3n) is 6.09. The van der Waals surface area contributed by atoms with Gasteiger partial charge < -0.3 is 9.53 Å². The lowest BCUT2D eigenvalue weighted by molar-refractivity contribution is 0.282. The van der Waals surface area contributed by atoms with E-state index in [2.05, 4.69) is 107 Å². The molecule has 0 aromatic heterocycles. The molecule has 0 fully saturated rings. The van der Waals surface area contributed by atoms with Crippen LogP contribution in [0, 0.1) is 0 Å². The summed E-state index contributed by atoms with van der Waals surface area (Å²) >= 11 is 0. The van der Waals surface area contributed by atoms with Crippen LogP contribution in [0.4, 0.5) is 0 Å². The van der Waals surface area contributed by atoms with Crippen LogP contribution in [0.3, 0.4) is 0 Å². The van der Waals surface area contributed by atoms with Crippen molar-refractivity contribution in [2.45, 2.75) is 45.5 Å². The van der Waals surface area contributed by atoms with E-state index in [9.17, 15) is 0 Å². The first-order valence-corrected chi connectivity index (χ1v) is 14.0. The Hall–Kier alpha value is -2.88. The van der Waals surface area contributed by atoms with E-state index in [1.807, 2.05) is 24.3 Å². The molecule has 0 radical (unpaired) electrons. The molecule has 0 aliphatic rings. The first kappa shape index (κ1) is 23.8. The van der Waals surface area contributed by atoms with Gasteiger partial charge in [0.25, 0.3) is 0 Å². The van der Waals surface area contributed by atoms with Crippen LogP contribution in [0.15, 0.2) is 72.8 Å². The van der Waals surface area contributed by atoms with E-state index in [0.717, 1.165) is 33.6 Å². The fraction of sp³-hybridized carbons (Fsp3) is 0.241. The molecule has 0 spiro atoms. The molecule has 0 aliphatic carbocycles. The molecule has 3 heteroatoms. The quantitative estimate of drug-likeness (QED) is 0.297. The number of hydrogen-bond acceptors (Lipinski definition) is 2. The van der Waals surface area contributed by atoms with Crippen molar-refractivity contribution in [1.29, 1.82) is 0 Å². The van der Waals surface area contributed by atoms with Gasteiger partial charge in [0.2, 0.25) is 8.32 Å². The van der Waals surface area contributed by atoms with E-state index in [1.54, 1.807) is 0 Å². The molecule has 32 heavy (non-hydrogen) atoms. The molecule has 0 saturated carbocycles. The highest BCUT2D eigenvalue weighted by atomic mass is 28.4. The average Bonchev–Trinajstić information content (AvgIpc) is 2.77. The third-order valence-corrected chi connectivity index (χ3v) is 10.5. The maximum atomic E-state index is 9.13.